The molecule has 3 rings (SSSR count). The third-order valence-electron chi connectivity index (χ3n) is 7.10. The number of likely N-dealkylation sites (tertiary alicyclic amines) is 1. The maximum atomic E-state index is 13.3. The van der Waals surface area contributed by atoms with Crippen molar-refractivity contribution in [3.05, 3.63) is 35.4 Å². The van der Waals surface area contributed by atoms with E-state index in [1.165, 1.54) is 7.11 Å². The highest BCUT2D eigenvalue weighted by atomic mass is 16.6. The molecular weight excluding hydrogens is 404 g/mol. The van der Waals surface area contributed by atoms with E-state index >= 15 is 0 Å². The number of amides is 1. The van der Waals surface area contributed by atoms with Crippen LogP contribution in [0.3, 0.4) is 0 Å². The zero-order chi connectivity index (χ0) is 23.3. The molecule has 4 unspecified atom stereocenters. The molecule has 0 radical (unpaired) electrons. The van der Waals surface area contributed by atoms with Crippen LogP contribution in [0.25, 0.3) is 0 Å². The minimum absolute atomic E-state index is 0.0348. The highest BCUT2D eigenvalue weighted by Gasteiger charge is 2.54. The van der Waals surface area contributed by atoms with Crippen molar-refractivity contribution in [3.8, 4) is 11.8 Å². The monoisotopic (exact) mass is 440 g/mol. The molecule has 6 heteroatoms. The van der Waals surface area contributed by atoms with Gasteiger partial charge in [0.15, 0.2) is 5.60 Å². The first kappa shape index (κ1) is 24.1. The van der Waals surface area contributed by atoms with Crippen molar-refractivity contribution in [1.29, 1.82) is 0 Å². The van der Waals surface area contributed by atoms with Gasteiger partial charge in [-0.15, -0.1) is 0 Å². The van der Waals surface area contributed by atoms with E-state index in [9.17, 15) is 9.59 Å². The smallest absolute Gasteiger partial charge is 0.409 e. The van der Waals surface area contributed by atoms with Gasteiger partial charge in [-0.2, -0.15) is 0 Å². The summed E-state index contributed by atoms with van der Waals surface area (Å²) in [5.41, 5.74) is 1.11. The minimum atomic E-state index is -0.922. The van der Waals surface area contributed by atoms with Crippen LogP contribution in [-0.2, 0) is 14.3 Å². The summed E-state index contributed by atoms with van der Waals surface area (Å²) in [6.45, 7) is 6.74. The fourth-order valence-corrected chi connectivity index (χ4v) is 5.18. The summed E-state index contributed by atoms with van der Waals surface area (Å²) in [5.74, 6) is 6.52. The van der Waals surface area contributed by atoms with Gasteiger partial charge in [-0.1, -0.05) is 38.3 Å². The van der Waals surface area contributed by atoms with Gasteiger partial charge in [0.05, 0.1) is 7.11 Å². The molecule has 1 aliphatic carbocycles. The van der Waals surface area contributed by atoms with Gasteiger partial charge in [-0.3, -0.25) is 4.79 Å². The number of fused-ring (bicyclic) bond motifs is 1. The van der Waals surface area contributed by atoms with E-state index in [-0.39, 0.29) is 29.9 Å². The summed E-state index contributed by atoms with van der Waals surface area (Å²) >= 11 is 0. The standard InChI is InChI=1S/C26H36N2O4/c1-6-19(3)23(27-4)24(29)32-26(15-12-20-10-7-9-18(2)17-20)14-8-11-22-21(26)13-16-28(22)25(30)31-5/h7,9-10,17,19,21-23,27H,6,8,11,13-14,16H2,1-5H3/t19?,21?,22?,23?,26-/m1/s1. The summed E-state index contributed by atoms with van der Waals surface area (Å²) in [6, 6.07) is 7.60. The maximum absolute atomic E-state index is 13.3. The first-order chi connectivity index (χ1) is 15.3. The molecule has 0 bridgehead atoms. The zero-order valence-electron chi connectivity index (χ0n) is 19.9. The summed E-state index contributed by atoms with van der Waals surface area (Å²) in [6.07, 6.45) is 3.65. The van der Waals surface area contributed by atoms with Crippen LogP contribution in [-0.4, -0.2) is 55.3 Å². The van der Waals surface area contributed by atoms with Gasteiger partial charge in [0.25, 0.3) is 0 Å². The molecule has 1 heterocycles. The molecule has 174 valence electrons. The molecule has 0 aromatic heterocycles. The van der Waals surface area contributed by atoms with Crippen molar-refractivity contribution in [2.24, 2.45) is 11.8 Å². The molecule has 1 aromatic carbocycles. The Hall–Kier alpha value is -2.52. The number of likely N-dealkylation sites (N-methyl/N-ethyl adjacent to an activating group) is 1. The Morgan fingerprint density at radius 3 is 2.78 bits per heavy atom. The summed E-state index contributed by atoms with van der Waals surface area (Å²) in [7, 11) is 3.20. The largest absolute Gasteiger partial charge is 0.453 e. The molecule has 6 nitrogen and oxygen atoms in total. The van der Waals surface area contributed by atoms with Gasteiger partial charge < -0.3 is 19.7 Å². The number of carbonyl (C=O) groups is 2. The van der Waals surface area contributed by atoms with Crippen LogP contribution in [0.15, 0.2) is 24.3 Å². The second kappa shape index (κ2) is 10.4. The molecule has 1 N–H and O–H groups in total. The molecule has 1 amide bonds. The highest BCUT2D eigenvalue weighted by molar-refractivity contribution is 5.77. The molecule has 5 atom stereocenters. The summed E-state index contributed by atoms with van der Waals surface area (Å²) in [5, 5.41) is 3.13. The lowest BCUT2D eigenvalue weighted by Crippen LogP contribution is -2.54. The van der Waals surface area contributed by atoms with Crippen LogP contribution >= 0.6 is 0 Å². The lowest BCUT2D eigenvalue weighted by molar-refractivity contribution is -0.166. The van der Waals surface area contributed by atoms with Crippen LogP contribution in [0.5, 0.6) is 0 Å². The molecule has 1 aliphatic heterocycles. The van der Waals surface area contributed by atoms with Crippen LogP contribution < -0.4 is 5.32 Å². The average molecular weight is 441 g/mol. The fourth-order valence-electron chi connectivity index (χ4n) is 5.18. The number of carbonyl (C=O) groups excluding carboxylic acids is 2. The Morgan fingerprint density at radius 2 is 2.12 bits per heavy atom. The number of ether oxygens (including phenoxy) is 2. The van der Waals surface area contributed by atoms with E-state index in [0.29, 0.717) is 13.0 Å². The van der Waals surface area contributed by atoms with Gasteiger partial charge in [0.2, 0.25) is 0 Å². The molecule has 0 spiro atoms. The number of rotatable bonds is 5. The van der Waals surface area contributed by atoms with Crippen molar-refractivity contribution < 1.29 is 19.1 Å². The second-order valence-corrected chi connectivity index (χ2v) is 9.10. The van der Waals surface area contributed by atoms with Crippen LogP contribution in [0.4, 0.5) is 4.79 Å². The van der Waals surface area contributed by atoms with Crippen LogP contribution in [0, 0.1) is 30.6 Å². The van der Waals surface area contributed by atoms with Crippen LogP contribution in [0.1, 0.15) is 57.1 Å². The fraction of sp³-hybridized carbons (Fsp3) is 0.615. The Balaban J connectivity index is 1.98. The third-order valence-corrected chi connectivity index (χ3v) is 7.10. The Labute approximate surface area is 192 Å². The van der Waals surface area contributed by atoms with Gasteiger partial charge >= 0.3 is 12.1 Å². The predicted octanol–water partition coefficient (Wildman–Crippen LogP) is 3.90. The molecule has 1 aromatic rings. The summed E-state index contributed by atoms with van der Waals surface area (Å²) < 4.78 is 11.3. The Kier molecular flexibility index (Phi) is 7.84. The van der Waals surface area contributed by atoms with Gasteiger partial charge in [0.1, 0.15) is 6.04 Å². The third kappa shape index (κ3) is 4.94. The lowest BCUT2D eigenvalue weighted by Gasteiger charge is -2.43. The molecule has 1 saturated carbocycles. The molecule has 2 fully saturated rings. The van der Waals surface area contributed by atoms with Crippen molar-refractivity contribution in [1.82, 2.24) is 10.2 Å². The Morgan fingerprint density at radius 1 is 1.34 bits per heavy atom. The average Bonchev–Trinajstić information content (AvgIpc) is 3.23. The number of methoxy groups -OCH3 is 1. The molecule has 2 aliphatic rings. The number of hydrogen-bond donors (Lipinski definition) is 1. The number of nitrogens with zero attached hydrogens (tertiary/aromatic N) is 1. The second-order valence-electron chi connectivity index (χ2n) is 9.10. The maximum Gasteiger partial charge on any atom is 0.409 e. The normalized spacial score (nSPS) is 26.3. The van der Waals surface area contributed by atoms with Gasteiger partial charge in [0, 0.05) is 24.1 Å². The summed E-state index contributed by atoms with van der Waals surface area (Å²) in [4.78, 5) is 27.5. The number of aryl methyl sites for hydroxylation is 1. The first-order valence-electron chi connectivity index (χ1n) is 11.7. The van der Waals surface area contributed by atoms with E-state index in [0.717, 1.165) is 36.8 Å². The van der Waals surface area contributed by atoms with E-state index in [4.69, 9.17) is 9.47 Å². The minimum Gasteiger partial charge on any atom is -0.453 e. The number of benzene rings is 1. The Bertz CT molecular complexity index is 889. The molecule has 1 saturated heterocycles. The van der Waals surface area contributed by atoms with Crippen LogP contribution in [0.2, 0.25) is 0 Å². The van der Waals surface area contributed by atoms with Gasteiger partial charge in [-0.25, -0.2) is 4.79 Å². The topological polar surface area (TPSA) is 67.9 Å². The van der Waals surface area contributed by atoms with E-state index in [2.05, 4.69) is 24.1 Å². The number of nitrogens with one attached hydrogen (secondary N) is 1. The van der Waals surface area contributed by atoms with E-state index < -0.39 is 11.6 Å². The number of esters is 1. The molecule has 32 heavy (non-hydrogen) atoms. The predicted molar refractivity (Wildman–Crippen MR) is 124 cm³/mol. The quantitative estimate of drug-likeness (QED) is 0.556. The SMILES string of the molecule is CCC(C)C(NC)C(=O)O[C@@]1(C#Cc2cccc(C)c2)CCCC2C1CCN2C(=O)OC. The van der Waals surface area contributed by atoms with Crippen molar-refractivity contribution in [2.75, 3.05) is 20.7 Å². The first-order valence-corrected chi connectivity index (χ1v) is 11.7. The van der Waals surface area contributed by atoms with Gasteiger partial charge in [-0.05, 0) is 69.2 Å². The highest BCUT2D eigenvalue weighted by Crippen LogP contribution is 2.45. The van der Waals surface area contributed by atoms with E-state index in [1.54, 1.807) is 11.9 Å². The van der Waals surface area contributed by atoms with Crippen molar-refractivity contribution in [2.45, 2.75) is 70.6 Å². The van der Waals surface area contributed by atoms with Crippen molar-refractivity contribution in [3.63, 3.8) is 0 Å². The lowest BCUT2D eigenvalue weighted by atomic mass is 9.72. The van der Waals surface area contributed by atoms with E-state index in [1.807, 2.05) is 38.1 Å². The zero-order valence-corrected chi connectivity index (χ0v) is 19.9. The molecular formula is C26H36N2O4. The van der Waals surface area contributed by atoms with Crippen molar-refractivity contribution >= 4 is 12.1 Å². The number of hydrogen-bond acceptors (Lipinski definition) is 5.